The summed E-state index contributed by atoms with van der Waals surface area (Å²) in [5.74, 6) is -1.09. The first kappa shape index (κ1) is 25.3. The van der Waals surface area contributed by atoms with Gasteiger partial charge in [-0.15, -0.1) is 0 Å². The number of esters is 1. The third-order valence-electron chi connectivity index (χ3n) is 5.15. The number of carbonyl (C=O) groups excluding carboxylic acids is 2. The van der Waals surface area contributed by atoms with Crippen molar-refractivity contribution in [2.24, 2.45) is 0 Å². The zero-order chi connectivity index (χ0) is 24.9. The van der Waals surface area contributed by atoms with Gasteiger partial charge in [0, 0.05) is 10.7 Å². The lowest BCUT2D eigenvalue weighted by Crippen LogP contribution is -2.38. The number of benzene rings is 3. The van der Waals surface area contributed by atoms with E-state index in [1.165, 1.54) is 18.2 Å². The topological polar surface area (TPSA) is 92.8 Å². The first-order valence-electron chi connectivity index (χ1n) is 10.6. The SMILES string of the molecule is CCOC(=O)c1ccc(C)c(NC(=O)CN(c2cccc(Cl)c2C)S(=O)(=O)c2ccccc2)c1. The summed E-state index contributed by atoms with van der Waals surface area (Å²) in [6.45, 7) is 4.88. The summed E-state index contributed by atoms with van der Waals surface area (Å²) in [6.07, 6.45) is 0. The minimum atomic E-state index is -4.08. The van der Waals surface area contributed by atoms with Crippen LogP contribution in [0.1, 0.15) is 28.4 Å². The molecule has 0 aromatic heterocycles. The van der Waals surface area contributed by atoms with Crippen LogP contribution in [0.2, 0.25) is 5.02 Å². The molecule has 3 aromatic carbocycles. The summed E-state index contributed by atoms with van der Waals surface area (Å²) in [6, 6.07) is 17.5. The molecule has 1 N–H and O–H groups in total. The van der Waals surface area contributed by atoms with Gasteiger partial charge in [-0.2, -0.15) is 0 Å². The van der Waals surface area contributed by atoms with Crippen LogP contribution in [-0.2, 0) is 19.6 Å². The number of rotatable bonds is 8. The molecule has 0 aliphatic heterocycles. The van der Waals surface area contributed by atoms with E-state index in [2.05, 4.69) is 5.32 Å². The van der Waals surface area contributed by atoms with E-state index in [0.717, 1.165) is 4.31 Å². The van der Waals surface area contributed by atoms with Crippen LogP contribution in [0.3, 0.4) is 0 Å². The number of sulfonamides is 1. The molecule has 7 nitrogen and oxygen atoms in total. The highest BCUT2D eigenvalue weighted by Crippen LogP contribution is 2.31. The van der Waals surface area contributed by atoms with Crippen LogP contribution in [0.5, 0.6) is 0 Å². The van der Waals surface area contributed by atoms with E-state index in [9.17, 15) is 18.0 Å². The predicted molar refractivity (Wildman–Crippen MR) is 133 cm³/mol. The number of ether oxygens (including phenoxy) is 1. The summed E-state index contributed by atoms with van der Waals surface area (Å²) in [7, 11) is -4.08. The number of nitrogens with zero attached hydrogens (tertiary/aromatic N) is 1. The maximum Gasteiger partial charge on any atom is 0.338 e. The Labute approximate surface area is 204 Å². The number of amides is 1. The molecule has 0 radical (unpaired) electrons. The average Bonchev–Trinajstić information content (AvgIpc) is 2.81. The molecule has 178 valence electrons. The van der Waals surface area contributed by atoms with Crippen molar-refractivity contribution in [1.29, 1.82) is 0 Å². The second-order valence-electron chi connectivity index (χ2n) is 7.51. The van der Waals surface area contributed by atoms with E-state index in [-0.39, 0.29) is 17.1 Å². The Bertz CT molecular complexity index is 1310. The van der Waals surface area contributed by atoms with Gasteiger partial charge in [-0.3, -0.25) is 9.10 Å². The molecule has 34 heavy (non-hydrogen) atoms. The lowest BCUT2D eigenvalue weighted by Gasteiger charge is -2.26. The number of aryl methyl sites for hydroxylation is 1. The van der Waals surface area contributed by atoms with Gasteiger partial charge in [0.2, 0.25) is 5.91 Å². The Morgan fingerprint density at radius 3 is 2.38 bits per heavy atom. The van der Waals surface area contributed by atoms with Crippen LogP contribution in [0, 0.1) is 13.8 Å². The lowest BCUT2D eigenvalue weighted by molar-refractivity contribution is -0.114. The largest absolute Gasteiger partial charge is 0.462 e. The van der Waals surface area contributed by atoms with E-state index in [4.69, 9.17) is 16.3 Å². The maximum atomic E-state index is 13.5. The van der Waals surface area contributed by atoms with E-state index < -0.39 is 28.4 Å². The third kappa shape index (κ3) is 5.58. The fourth-order valence-corrected chi connectivity index (χ4v) is 4.97. The number of hydrogen-bond acceptors (Lipinski definition) is 5. The third-order valence-corrected chi connectivity index (χ3v) is 7.33. The molecule has 9 heteroatoms. The molecule has 0 heterocycles. The van der Waals surface area contributed by atoms with Gasteiger partial charge in [0.15, 0.2) is 0 Å². The van der Waals surface area contributed by atoms with Crippen molar-refractivity contribution in [3.05, 3.63) is 88.4 Å². The first-order chi connectivity index (χ1) is 16.1. The van der Waals surface area contributed by atoms with Crippen LogP contribution in [0.25, 0.3) is 0 Å². The molecule has 0 bridgehead atoms. The van der Waals surface area contributed by atoms with Crippen LogP contribution in [0.4, 0.5) is 11.4 Å². The van der Waals surface area contributed by atoms with Crippen molar-refractivity contribution in [3.8, 4) is 0 Å². The highest BCUT2D eigenvalue weighted by molar-refractivity contribution is 7.92. The number of hydrogen-bond donors (Lipinski definition) is 1. The van der Waals surface area contributed by atoms with Crippen molar-refractivity contribution in [2.75, 3.05) is 22.8 Å². The zero-order valence-corrected chi connectivity index (χ0v) is 20.6. The summed E-state index contributed by atoms with van der Waals surface area (Å²) < 4.78 is 33.1. The molecule has 0 saturated carbocycles. The van der Waals surface area contributed by atoms with Gasteiger partial charge < -0.3 is 10.1 Å². The zero-order valence-electron chi connectivity index (χ0n) is 19.0. The smallest absolute Gasteiger partial charge is 0.338 e. The fraction of sp³-hybridized carbons (Fsp3) is 0.200. The van der Waals surface area contributed by atoms with Gasteiger partial charge in [0.1, 0.15) is 6.54 Å². The van der Waals surface area contributed by atoms with Gasteiger partial charge >= 0.3 is 5.97 Å². The van der Waals surface area contributed by atoms with Gasteiger partial charge in [-0.1, -0.05) is 41.9 Å². The normalized spacial score (nSPS) is 11.1. The highest BCUT2D eigenvalue weighted by atomic mass is 35.5. The maximum absolute atomic E-state index is 13.5. The van der Waals surface area contributed by atoms with E-state index >= 15 is 0 Å². The number of halogens is 1. The molecule has 0 aliphatic rings. The molecular formula is C25H25ClN2O5S. The van der Waals surface area contributed by atoms with Crippen molar-refractivity contribution < 1.29 is 22.7 Å². The monoisotopic (exact) mass is 500 g/mol. The van der Waals surface area contributed by atoms with Gasteiger partial charge in [0.05, 0.1) is 22.8 Å². The van der Waals surface area contributed by atoms with E-state index in [0.29, 0.717) is 27.5 Å². The van der Waals surface area contributed by atoms with Crippen LogP contribution >= 0.6 is 11.6 Å². The molecule has 3 rings (SSSR count). The highest BCUT2D eigenvalue weighted by Gasteiger charge is 2.29. The number of nitrogens with one attached hydrogen (secondary N) is 1. The van der Waals surface area contributed by atoms with Crippen LogP contribution in [-0.4, -0.2) is 33.4 Å². The van der Waals surface area contributed by atoms with Gasteiger partial charge in [-0.25, -0.2) is 13.2 Å². The second kappa shape index (κ2) is 10.7. The molecule has 3 aromatic rings. The molecule has 1 amide bonds. The fourth-order valence-electron chi connectivity index (χ4n) is 3.30. The Morgan fingerprint density at radius 2 is 1.71 bits per heavy atom. The average molecular weight is 501 g/mol. The summed E-state index contributed by atoms with van der Waals surface area (Å²) in [5.41, 5.74) is 2.19. The van der Waals surface area contributed by atoms with Crippen molar-refractivity contribution in [1.82, 2.24) is 0 Å². The van der Waals surface area contributed by atoms with Crippen LogP contribution in [0.15, 0.2) is 71.6 Å². The summed E-state index contributed by atoms with van der Waals surface area (Å²) in [5, 5.41) is 3.10. The molecule has 0 atom stereocenters. The number of carbonyl (C=O) groups is 2. The van der Waals surface area contributed by atoms with Gasteiger partial charge in [0.25, 0.3) is 10.0 Å². The molecular weight excluding hydrogens is 476 g/mol. The first-order valence-corrected chi connectivity index (χ1v) is 12.4. The lowest BCUT2D eigenvalue weighted by atomic mass is 10.1. The van der Waals surface area contributed by atoms with Crippen molar-refractivity contribution in [3.63, 3.8) is 0 Å². The molecule has 0 fully saturated rings. The Hall–Kier alpha value is -3.36. The molecule has 0 aliphatic carbocycles. The Balaban J connectivity index is 1.96. The summed E-state index contributed by atoms with van der Waals surface area (Å²) >= 11 is 6.25. The minimum absolute atomic E-state index is 0.0441. The molecule has 0 spiro atoms. The van der Waals surface area contributed by atoms with Crippen molar-refractivity contribution in [2.45, 2.75) is 25.7 Å². The van der Waals surface area contributed by atoms with Gasteiger partial charge in [-0.05, 0) is 68.3 Å². The molecule has 0 saturated heterocycles. The standard InChI is InChI=1S/C25H25ClN2O5S/c1-4-33-25(30)19-14-13-17(2)22(15-19)27-24(29)16-28(23-12-8-11-21(26)18(23)3)34(31,32)20-9-6-5-7-10-20/h5-15H,4,16H2,1-3H3,(H,27,29). The quantitative estimate of drug-likeness (QED) is 0.441. The Kier molecular flexibility index (Phi) is 7.96. The van der Waals surface area contributed by atoms with Crippen LogP contribution < -0.4 is 9.62 Å². The number of anilines is 2. The summed E-state index contributed by atoms with van der Waals surface area (Å²) in [4.78, 5) is 25.2. The minimum Gasteiger partial charge on any atom is -0.462 e. The van der Waals surface area contributed by atoms with E-state index in [1.54, 1.807) is 69.3 Å². The Morgan fingerprint density at radius 1 is 1.00 bits per heavy atom. The van der Waals surface area contributed by atoms with E-state index in [1.807, 2.05) is 0 Å². The second-order valence-corrected chi connectivity index (χ2v) is 9.78. The molecule has 0 unspecified atom stereocenters. The van der Waals surface area contributed by atoms with Crippen molar-refractivity contribution >= 4 is 44.9 Å². The predicted octanol–water partition coefficient (Wildman–Crippen LogP) is 4.97.